The van der Waals surface area contributed by atoms with Gasteiger partial charge in [0.2, 0.25) is 4.96 Å². The molecule has 0 aliphatic rings. The molecule has 9 heteroatoms. The third-order valence-corrected chi connectivity index (χ3v) is 8.08. The molecule has 0 amide bonds. The minimum atomic E-state index is -0.204. The van der Waals surface area contributed by atoms with Gasteiger partial charge in [0.15, 0.2) is 5.82 Å². The summed E-state index contributed by atoms with van der Waals surface area (Å²) >= 11 is 3.11. The van der Waals surface area contributed by atoms with Gasteiger partial charge >= 0.3 is 0 Å². The van der Waals surface area contributed by atoms with Gasteiger partial charge in [0.1, 0.15) is 5.75 Å². The van der Waals surface area contributed by atoms with Crippen LogP contribution in [0.15, 0.2) is 94.7 Å². The predicted octanol–water partition coefficient (Wildman–Crippen LogP) is 5.84. The summed E-state index contributed by atoms with van der Waals surface area (Å²) in [4.78, 5) is 19.6. The van der Waals surface area contributed by atoms with E-state index in [-0.39, 0.29) is 5.56 Å². The lowest BCUT2D eigenvalue weighted by molar-refractivity contribution is 0.415. The Bertz CT molecular complexity index is 1910. The molecule has 3 aromatic carbocycles. The molecule has 0 unspecified atom stereocenters. The molecule has 0 N–H and O–H groups in total. The standard InChI is InChI=1S/C31H25N5O2S2/c1-3-39-26-16-12-22(13-17-26)29-23(20-35(34-29)24-7-5-4-6-8-24)19-27-30(37)36-31(40-27)32-28(33-36)18-11-21-9-14-25(38-2)15-10-21/h4-20H,3H2,1-2H3/b18-11+,27-19-. The number of hydrogen-bond acceptors (Lipinski definition) is 7. The topological polar surface area (TPSA) is 74.3 Å². The number of aromatic nitrogens is 5. The Balaban J connectivity index is 1.37. The Labute approximate surface area is 239 Å². The Morgan fingerprint density at radius 3 is 2.42 bits per heavy atom. The zero-order chi connectivity index (χ0) is 27.5. The maximum atomic E-state index is 13.3. The van der Waals surface area contributed by atoms with Gasteiger partial charge in [0, 0.05) is 22.2 Å². The van der Waals surface area contributed by atoms with E-state index in [2.05, 4.69) is 41.3 Å². The molecule has 0 spiro atoms. The third kappa shape index (κ3) is 5.34. The number of rotatable bonds is 8. The molecule has 0 atom stereocenters. The summed E-state index contributed by atoms with van der Waals surface area (Å²) in [6.45, 7) is 2.14. The van der Waals surface area contributed by atoms with E-state index in [0.717, 1.165) is 39.6 Å². The summed E-state index contributed by atoms with van der Waals surface area (Å²) in [6.07, 6.45) is 7.54. The van der Waals surface area contributed by atoms with Gasteiger partial charge in [-0.2, -0.15) is 14.6 Å². The highest BCUT2D eigenvalue weighted by Crippen LogP contribution is 2.27. The molecular formula is C31H25N5O2S2. The monoisotopic (exact) mass is 563 g/mol. The van der Waals surface area contributed by atoms with Crippen LogP contribution >= 0.6 is 23.1 Å². The predicted molar refractivity (Wildman–Crippen MR) is 163 cm³/mol. The number of hydrogen-bond donors (Lipinski definition) is 0. The summed E-state index contributed by atoms with van der Waals surface area (Å²) < 4.78 is 8.96. The number of benzene rings is 3. The quantitative estimate of drug-likeness (QED) is 0.217. The summed E-state index contributed by atoms with van der Waals surface area (Å²) in [5, 5.41) is 9.33. The zero-order valence-corrected chi connectivity index (χ0v) is 23.5. The number of methoxy groups -OCH3 is 1. The average molecular weight is 564 g/mol. The second kappa shape index (κ2) is 11.3. The molecule has 0 aliphatic heterocycles. The molecule has 0 radical (unpaired) electrons. The Kier molecular flexibility index (Phi) is 7.31. The van der Waals surface area contributed by atoms with Crippen molar-refractivity contribution in [3.63, 3.8) is 0 Å². The molecule has 40 heavy (non-hydrogen) atoms. The second-order valence-corrected chi connectivity index (χ2v) is 11.2. The Morgan fingerprint density at radius 2 is 1.73 bits per heavy atom. The summed E-state index contributed by atoms with van der Waals surface area (Å²) in [7, 11) is 1.64. The van der Waals surface area contributed by atoms with E-state index >= 15 is 0 Å². The van der Waals surface area contributed by atoms with Crippen molar-refractivity contribution in [1.29, 1.82) is 0 Å². The molecule has 0 saturated carbocycles. The molecule has 6 aromatic rings. The Morgan fingerprint density at radius 1 is 0.950 bits per heavy atom. The highest BCUT2D eigenvalue weighted by molar-refractivity contribution is 7.99. The van der Waals surface area contributed by atoms with Gasteiger partial charge < -0.3 is 4.74 Å². The number of nitrogens with zero attached hydrogens (tertiary/aromatic N) is 5. The van der Waals surface area contributed by atoms with Crippen molar-refractivity contribution in [2.24, 2.45) is 0 Å². The largest absolute Gasteiger partial charge is 0.497 e. The van der Waals surface area contributed by atoms with E-state index in [0.29, 0.717) is 15.3 Å². The van der Waals surface area contributed by atoms with Crippen LogP contribution in [0.25, 0.3) is 40.1 Å². The fraction of sp³-hybridized carbons (Fsp3) is 0.0968. The first-order chi connectivity index (χ1) is 19.6. The Hall–Kier alpha value is -4.47. The van der Waals surface area contributed by atoms with E-state index in [1.54, 1.807) is 24.9 Å². The van der Waals surface area contributed by atoms with Crippen LogP contribution in [-0.2, 0) is 0 Å². The van der Waals surface area contributed by atoms with E-state index in [9.17, 15) is 4.79 Å². The number of para-hydroxylation sites is 1. The lowest BCUT2D eigenvalue weighted by Crippen LogP contribution is -2.23. The molecule has 0 bridgehead atoms. The van der Waals surface area contributed by atoms with E-state index in [1.165, 1.54) is 20.7 Å². The highest BCUT2D eigenvalue weighted by atomic mass is 32.2. The third-order valence-electron chi connectivity index (χ3n) is 6.23. The van der Waals surface area contributed by atoms with E-state index < -0.39 is 0 Å². The van der Waals surface area contributed by atoms with E-state index in [1.807, 2.05) is 77.6 Å². The number of thioether (sulfide) groups is 1. The SMILES string of the molecule is CCSc1ccc(-c2nn(-c3ccccc3)cc2/C=c2\sc3nc(/C=C/c4ccc(OC)cc4)nn3c2=O)cc1. The molecule has 0 saturated heterocycles. The van der Waals surface area contributed by atoms with Crippen molar-refractivity contribution in [1.82, 2.24) is 24.4 Å². The van der Waals surface area contributed by atoms with Crippen LogP contribution in [-0.4, -0.2) is 37.2 Å². The van der Waals surface area contributed by atoms with Crippen LogP contribution in [0, 0.1) is 0 Å². The lowest BCUT2D eigenvalue weighted by Gasteiger charge is -2.02. The van der Waals surface area contributed by atoms with Gasteiger partial charge in [-0.3, -0.25) is 4.79 Å². The first kappa shape index (κ1) is 25.8. The van der Waals surface area contributed by atoms with Gasteiger partial charge in [-0.1, -0.05) is 66.8 Å². The minimum Gasteiger partial charge on any atom is -0.497 e. The lowest BCUT2D eigenvalue weighted by atomic mass is 10.1. The van der Waals surface area contributed by atoms with Gasteiger partial charge in [-0.25, -0.2) is 4.68 Å². The van der Waals surface area contributed by atoms with Crippen LogP contribution < -0.4 is 14.8 Å². The minimum absolute atomic E-state index is 0.204. The zero-order valence-electron chi connectivity index (χ0n) is 21.9. The van der Waals surface area contributed by atoms with Gasteiger partial charge in [-0.05, 0) is 59.9 Å². The summed E-state index contributed by atoms with van der Waals surface area (Å²) in [6, 6.07) is 26.0. The molecule has 6 rings (SSSR count). The number of thiazole rings is 1. The van der Waals surface area contributed by atoms with Crippen molar-refractivity contribution >= 4 is 46.3 Å². The van der Waals surface area contributed by atoms with E-state index in [4.69, 9.17) is 9.84 Å². The first-order valence-corrected chi connectivity index (χ1v) is 14.5. The summed E-state index contributed by atoms with van der Waals surface area (Å²) in [5.74, 6) is 2.29. The van der Waals surface area contributed by atoms with Crippen LogP contribution in [0.1, 0.15) is 23.9 Å². The molecule has 7 nitrogen and oxygen atoms in total. The van der Waals surface area contributed by atoms with Crippen molar-refractivity contribution in [2.75, 3.05) is 12.9 Å². The molecular weight excluding hydrogens is 539 g/mol. The fourth-order valence-corrected chi connectivity index (χ4v) is 5.82. The van der Waals surface area contributed by atoms with Crippen molar-refractivity contribution in [3.8, 4) is 22.7 Å². The van der Waals surface area contributed by atoms with Crippen LogP contribution in [0.5, 0.6) is 5.75 Å². The van der Waals surface area contributed by atoms with Gasteiger partial charge in [-0.15, -0.1) is 16.9 Å². The van der Waals surface area contributed by atoms with Gasteiger partial charge in [0.25, 0.3) is 5.56 Å². The number of ether oxygens (including phenoxy) is 1. The maximum absolute atomic E-state index is 13.3. The van der Waals surface area contributed by atoms with Crippen molar-refractivity contribution in [3.05, 3.63) is 117 Å². The maximum Gasteiger partial charge on any atom is 0.291 e. The van der Waals surface area contributed by atoms with Crippen LogP contribution in [0.2, 0.25) is 0 Å². The molecule has 198 valence electrons. The van der Waals surface area contributed by atoms with Crippen molar-refractivity contribution < 1.29 is 4.74 Å². The highest BCUT2D eigenvalue weighted by Gasteiger charge is 2.14. The van der Waals surface area contributed by atoms with Crippen LogP contribution in [0.4, 0.5) is 0 Å². The first-order valence-electron chi connectivity index (χ1n) is 12.7. The smallest absolute Gasteiger partial charge is 0.291 e. The van der Waals surface area contributed by atoms with Crippen LogP contribution in [0.3, 0.4) is 0 Å². The summed E-state index contributed by atoms with van der Waals surface area (Å²) in [5.41, 5.74) is 4.36. The second-order valence-electron chi connectivity index (χ2n) is 8.86. The van der Waals surface area contributed by atoms with Crippen molar-refractivity contribution in [2.45, 2.75) is 11.8 Å². The normalized spacial score (nSPS) is 12.1. The average Bonchev–Trinajstić information content (AvgIpc) is 3.68. The molecule has 0 aliphatic carbocycles. The molecule has 3 heterocycles. The molecule has 3 aromatic heterocycles. The molecule has 0 fully saturated rings. The van der Waals surface area contributed by atoms with Gasteiger partial charge in [0.05, 0.1) is 23.0 Å². The fourth-order valence-electron chi connectivity index (χ4n) is 4.25. The number of fused-ring (bicyclic) bond motifs is 1.